The van der Waals surface area contributed by atoms with Crippen LogP contribution in [0.4, 0.5) is 0 Å². The fourth-order valence-electron chi connectivity index (χ4n) is 2.58. The third-order valence-electron chi connectivity index (χ3n) is 3.69. The van der Waals surface area contributed by atoms with Crippen molar-refractivity contribution in [3.8, 4) is 0 Å². The minimum absolute atomic E-state index is 0.0418. The quantitative estimate of drug-likeness (QED) is 0.885. The van der Waals surface area contributed by atoms with Crippen LogP contribution in [0.2, 0.25) is 0 Å². The SMILES string of the molecule is CCOCC(=O)NC(C)c1ccc2c(c1)CCCC2. The molecular weight excluding hydrogens is 238 g/mol. The first-order valence-electron chi connectivity index (χ1n) is 7.19. The Morgan fingerprint density at radius 2 is 2.05 bits per heavy atom. The zero-order valence-electron chi connectivity index (χ0n) is 11.9. The van der Waals surface area contributed by atoms with E-state index in [0.29, 0.717) is 6.61 Å². The second-order valence-corrected chi connectivity index (χ2v) is 5.16. The van der Waals surface area contributed by atoms with Gasteiger partial charge in [-0.3, -0.25) is 4.79 Å². The van der Waals surface area contributed by atoms with Gasteiger partial charge in [0.25, 0.3) is 0 Å². The Bertz CT molecular complexity index is 442. The second kappa shape index (κ2) is 6.71. The van der Waals surface area contributed by atoms with E-state index >= 15 is 0 Å². The van der Waals surface area contributed by atoms with Crippen molar-refractivity contribution >= 4 is 5.91 Å². The van der Waals surface area contributed by atoms with Crippen LogP contribution in [-0.2, 0) is 22.4 Å². The maximum Gasteiger partial charge on any atom is 0.246 e. The van der Waals surface area contributed by atoms with E-state index < -0.39 is 0 Å². The van der Waals surface area contributed by atoms with Gasteiger partial charge in [0.05, 0.1) is 6.04 Å². The molecular formula is C16H23NO2. The van der Waals surface area contributed by atoms with Crippen LogP contribution >= 0.6 is 0 Å². The average Bonchev–Trinajstić information content (AvgIpc) is 2.44. The molecule has 1 aromatic carbocycles. The smallest absolute Gasteiger partial charge is 0.246 e. The molecule has 0 radical (unpaired) electrons. The van der Waals surface area contributed by atoms with Crippen LogP contribution < -0.4 is 5.32 Å². The lowest BCUT2D eigenvalue weighted by Gasteiger charge is -2.20. The van der Waals surface area contributed by atoms with E-state index in [0.717, 1.165) is 0 Å². The highest BCUT2D eigenvalue weighted by molar-refractivity contribution is 5.77. The van der Waals surface area contributed by atoms with E-state index in [9.17, 15) is 4.79 Å². The number of hydrogen-bond donors (Lipinski definition) is 1. The minimum Gasteiger partial charge on any atom is -0.372 e. The predicted molar refractivity (Wildman–Crippen MR) is 76.1 cm³/mol. The number of fused-ring (bicyclic) bond motifs is 1. The summed E-state index contributed by atoms with van der Waals surface area (Å²) in [6.45, 7) is 4.63. The van der Waals surface area contributed by atoms with Gasteiger partial charge < -0.3 is 10.1 Å². The van der Waals surface area contributed by atoms with Gasteiger partial charge in [0.2, 0.25) is 5.91 Å². The molecule has 1 N–H and O–H groups in total. The van der Waals surface area contributed by atoms with E-state index in [2.05, 4.69) is 23.5 Å². The Labute approximate surface area is 115 Å². The maximum atomic E-state index is 11.6. The standard InChI is InChI=1S/C16H23NO2/c1-3-19-11-16(18)17-12(2)14-9-8-13-6-4-5-7-15(13)10-14/h8-10,12H,3-7,11H2,1-2H3,(H,17,18). The van der Waals surface area contributed by atoms with Crippen molar-refractivity contribution in [2.45, 2.75) is 45.6 Å². The molecule has 3 nitrogen and oxygen atoms in total. The van der Waals surface area contributed by atoms with Gasteiger partial charge in [-0.25, -0.2) is 0 Å². The molecule has 19 heavy (non-hydrogen) atoms. The third kappa shape index (κ3) is 3.80. The molecule has 0 aliphatic heterocycles. The highest BCUT2D eigenvalue weighted by Crippen LogP contribution is 2.24. The summed E-state index contributed by atoms with van der Waals surface area (Å²) in [5.41, 5.74) is 4.11. The lowest BCUT2D eigenvalue weighted by atomic mass is 9.89. The van der Waals surface area contributed by atoms with Crippen molar-refractivity contribution in [3.63, 3.8) is 0 Å². The third-order valence-corrected chi connectivity index (χ3v) is 3.69. The van der Waals surface area contributed by atoms with Gasteiger partial charge in [-0.15, -0.1) is 0 Å². The molecule has 1 unspecified atom stereocenters. The first kappa shape index (κ1) is 14.1. The first-order chi connectivity index (χ1) is 9.20. The Balaban J connectivity index is 1.99. The minimum atomic E-state index is -0.0490. The number of nitrogens with one attached hydrogen (secondary N) is 1. The number of amides is 1. The molecule has 1 aromatic rings. The highest BCUT2D eigenvalue weighted by Gasteiger charge is 2.13. The molecule has 0 aromatic heterocycles. The summed E-state index contributed by atoms with van der Waals surface area (Å²) in [5, 5.41) is 2.97. The number of hydrogen-bond acceptors (Lipinski definition) is 2. The van der Waals surface area contributed by atoms with Gasteiger partial charge in [-0.1, -0.05) is 18.2 Å². The van der Waals surface area contributed by atoms with E-state index in [-0.39, 0.29) is 18.6 Å². The van der Waals surface area contributed by atoms with Crippen LogP contribution in [0.5, 0.6) is 0 Å². The highest BCUT2D eigenvalue weighted by atomic mass is 16.5. The fourth-order valence-corrected chi connectivity index (χ4v) is 2.58. The number of ether oxygens (including phenoxy) is 1. The molecule has 0 heterocycles. The number of carbonyl (C=O) groups excluding carboxylic acids is 1. The van der Waals surface area contributed by atoms with Crippen molar-refractivity contribution < 1.29 is 9.53 Å². The second-order valence-electron chi connectivity index (χ2n) is 5.16. The molecule has 0 fully saturated rings. The fraction of sp³-hybridized carbons (Fsp3) is 0.562. The summed E-state index contributed by atoms with van der Waals surface area (Å²) in [6, 6.07) is 6.64. The summed E-state index contributed by atoms with van der Waals surface area (Å²) in [4.78, 5) is 11.6. The zero-order chi connectivity index (χ0) is 13.7. The Hall–Kier alpha value is -1.35. The molecule has 0 saturated carbocycles. The molecule has 0 saturated heterocycles. The number of aryl methyl sites for hydroxylation is 2. The largest absolute Gasteiger partial charge is 0.372 e. The number of rotatable bonds is 5. The summed E-state index contributed by atoms with van der Waals surface area (Å²) in [7, 11) is 0. The lowest BCUT2D eigenvalue weighted by molar-refractivity contribution is -0.126. The van der Waals surface area contributed by atoms with Gasteiger partial charge in [-0.2, -0.15) is 0 Å². The van der Waals surface area contributed by atoms with Gasteiger partial charge in [0.15, 0.2) is 0 Å². The molecule has 104 valence electrons. The average molecular weight is 261 g/mol. The van der Waals surface area contributed by atoms with Crippen molar-refractivity contribution in [3.05, 3.63) is 34.9 Å². The van der Waals surface area contributed by atoms with Crippen LogP contribution in [-0.4, -0.2) is 19.1 Å². The normalized spacial score (nSPS) is 15.7. The van der Waals surface area contributed by atoms with Crippen LogP contribution in [0.1, 0.15) is 49.4 Å². The monoisotopic (exact) mass is 261 g/mol. The van der Waals surface area contributed by atoms with E-state index in [1.807, 2.05) is 13.8 Å². The van der Waals surface area contributed by atoms with Crippen molar-refractivity contribution in [1.29, 1.82) is 0 Å². The lowest BCUT2D eigenvalue weighted by Crippen LogP contribution is -2.30. The van der Waals surface area contributed by atoms with Crippen LogP contribution in [0.15, 0.2) is 18.2 Å². The topological polar surface area (TPSA) is 38.3 Å². The molecule has 0 spiro atoms. The zero-order valence-corrected chi connectivity index (χ0v) is 11.9. The Morgan fingerprint density at radius 3 is 2.79 bits per heavy atom. The molecule has 1 amide bonds. The predicted octanol–water partition coefficient (Wildman–Crippen LogP) is 2.78. The van der Waals surface area contributed by atoms with Gasteiger partial charge in [-0.05, 0) is 56.2 Å². The molecule has 2 rings (SSSR count). The van der Waals surface area contributed by atoms with Crippen molar-refractivity contribution in [1.82, 2.24) is 5.32 Å². The van der Waals surface area contributed by atoms with Gasteiger partial charge >= 0.3 is 0 Å². The Kier molecular flexibility index (Phi) is 4.97. The van der Waals surface area contributed by atoms with Crippen LogP contribution in [0.3, 0.4) is 0 Å². The van der Waals surface area contributed by atoms with Crippen LogP contribution in [0, 0.1) is 0 Å². The summed E-state index contributed by atoms with van der Waals surface area (Å²) in [6.07, 6.45) is 4.94. The number of benzene rings is 1. The summed E-state index contributed by atoms with van der Waals surface area (Å²) < 4.78 is 5.11. The van der Waals surface area contributed by atoms with Gasteiger partial charge in [0.1, 0.15) is 6.61 Å². The van der Waals surface area contributed by atoms with Crippen molar-refractivity contribution in [2.75, 3.05) is 13.2 Å². The molecule has 1 aliphatic carbocycles. The van der Waals surface area contributed by atoms with Gasteiger partial charge in [0, 0.05) is 6.61 Å². The summed E-state index contributed by atoms with van der Waals surface area (Å²) >= 11 is 0. The first-order valence-corrected chi connectivity index (χ1v) is 7.19. The summed E-state index contributed by atoms with van der Waals surface area (Å²) in [5.74, 6) is -0.0490. The molecule has 3 heteroatoms. The Morgan fingerprint density at radius 1 is 1.32 bits per heavy atom. The van der Waals surface area contributed by atoms with E-state index in [1.54, 1.807) is 0 Å². The molecule has 1 atom stereocenters. The van der Waals surface area contributed by atoms with Crippen LogP contribution in [0.25, 0.3) is 0 Å². The van der Waals surface area contributed by atoms with E-state index in [4.69, 9.17) is 4.74 Å². The maximum absolute atomic E-state index is 11.6. The number of carbonyl (C=O) groups is 1. The van der Waals surface area contributed by atoms with Crippen molar-refractivity contribution in [2.24, 2.45) is 0 Å². The molecule has 0 bridgehead atoms. The molecule has 1 aliphatic rings. The van der Waals surface area contributed by atoms with E-state index in [1.165, 1.54) is 42.4 Å².